The Balaban J connectivity index is 1.48. The Hall–Kier alpha value is -2.25. The second-order valence-corrected chi connectivity index (χ2v) is 8.01. The number of fused-ring (bicyclic) bond motifs is 1. The summed E-state index contributed by atoms with van der Waals surface area (Å²) in [6.45, 7) is 4.45. The zero-order chi connectivity index (χ0) is 19.7. The quantitative estimate of drug-likeness (QED) is 0.821. The molecule has 0 aromatic carbocycles. The number of carboxylic acid groups (broad SMARTS) is 1. The number of carboxylic acids is 1. The number of piperidine rings is 1. The van der Waals surface area contributed by atoms with Gasteiger partial charge in [-0.05, 0) is 44.6 Å². The van der Waals surface area contributed by atoms with E-state index in [1.807, 2.05) is 16.8 Å². The molecule has 1 fully saturated rings. The molecule has 7 heteroatoms. The number of likely N-dealkylation sites (tertiary alicyclic amines) is 1. The van der Waals surface area contributed by atoms with Gasteiger partial charge in [0.15, 0.2) is 5.69 Å². The van der Waals surface area contributed by atoms with Crippen LogP contribution in [0.3, 0.4) is 0 Å². The van der Waals surface area contributed by atoms with E-state index < -0.39 is 11.6 Å². The molecule has 2 aliphatic rings. The summed E-state index contributed by atoms with van der Waals surface area (Å²) in [6, 6.07) is 4.11. The van der Waals surface area contributed by atoms with E-state index in [9.17, 15) is 15.0 Å². The molecule has 0 bridgehead atoms. The smallest absolute Gasteiger partial charge is 0.356 e. The topological polar surface area (TPSA) is 91.5 Å². The Morgan fingerprint density at radius 1 is 1.36 bits per heavy atom. The van der Waals surface area contributed by atoms with Gasteiger partial charge in [-0.25, -0.2) is 4.79 Å². The second-order valence-electron chi connectivity index (χ2n) is 8.01. The van der Waals surface area contributed by atoms with Crippen LogP contribution in [-0.4, -0.2) is 55.0 Å². The van der Waals surface area contributed by atoms with E-state index in [4.69, 9.17) is 0 Å². The van der Waals surface area contributed by atoms with Crippen LogP contribution in [0.5, 0.6) is 0 Å². The molecule has 0 radical (unpaired) electrons. The predicted molar refractivity (Wildman–Crippen MR) is 104 cm³/mol. The third-order valence-corrected chi connectivity index (χ3v) is 6.30. The number of rotatable bonds is 5. The Morgan fingerprint density at radius 2 is 2.14 bits per heavy atom. The summed E-state index contributed by atoms with van der Waals surface area (Å²) in [6.07, 6.45) is 8.36. The van der Waals surface area contributed by atoms with Gasteiger partial charge in [0, 0.05) is 54.9 Å². The van der Waals surface area contributed by atoms with Gasteiger partial charge in [-0.1, -0.05) is 13.0 Å². The number of aliphatic hydroxyl groups is 1. The van der Waals surface area contributed by atoms with Gasteiger partial charge < -0.3 is 10.2 Å². The number of aryl methyl sites for hydroxylation is 1. The molecule has 1 saturated heterocycles. The third-order valence-electron chi connectivity index (χ3n) is 6.30. The van der Waals surface area contributed by atoms with Crippen molar-refractivity contribution >= 4 is 5.97 Å². The Bertz CT molecular complexity index is 841. The van der Waals surface area contributed by atoms with Crippen LogP contribution in [0.15, 0.2) is 24.5 Å². The van der Waals surface area contributed by atoms with E-state index in [1.165, 1.54) is 0 Å². The molecule has 0 spiro atoms. The minimum absolute atomic E-state index is 0.219. The van der Waals surface area contributed by atoms with Gasteiger partial charge in [0.1, 0.15) is 0 Å². The highest BCUT2D eigenvalue weighted by Crippen LogP contribution is 2.35. The lowest BCUT2D eigenvalue weighted by molar-refractivity contribution is -0.0372. The summed E-state index contributed by atoms with van der Waals surface area (Å²) < 4.78 is 1.90. The summed E-state index contributed by atoms with van der Waals surface area (Å²) in [4.78, 5) is 18.2. The molecule has 0 amide bonds. The molecule has 150 valence electrons. The molecule has 2 N–H and O–H groups in total. The van der Waals surface area contributed by atoms with Crippen molar-refractivity contribution in [2.75, 3.05) is 13.1 Å². The minimum Gasteiger partial charge on any atom is -0.476 e. The largest absolute Gasteiger partial charge is 0.476 e. The molecule has 3 heterocycles. The molecular weight excluding hydrogens is 356 g/mol. The first kappa shape index (κ1) is 19.1. The summed E-state index contributed by atoms with van der Waals surface area (Å²) in [5.41, 5.74) is 2.29. The van der Waals surface area contributed by atoms with Gasteiger partial charge in [-0.15, -0.1) is 0 Å². The highest BCUT2D eigenvalue weighted by molar-refractivity contribution is 5.87. The normalized spacial score (nSPS) is 22.0. The zero-order valence-corrected chi connectivity index (χ0v) is 16.3. The first-order valence-electron chi connectivity index (χ1n) is 10.2. The maximum atomic E-state index is 11.7. The maximum absolute atomic E-state index is 11.7. The van der Waals surface area contributed by atoms with E-state index >= 15 is 0 Å². The van der Waals surface area contributed by atoms with E-state index in [1.54, 1.807) is 12.4 Å². The predicted octanol–water partition coefficient (Wildman–Crippen LogP) is 2.23. The van der Waals surface area contributed by atoms with Crippen molar-refractivity contribution in [2.45, 2.75) is 63.6 Å². The van der Waals surface area contributed by atoms with Crippen molar-refractivity contribution in [3.05, 3.63) is 47.0 Å². The highest BCUT2D eigenvalue weighted by Gasteiger charge is 2.38. The first-order valence-corrected chi connectivity index (χ1v) is 10.2. The fraction of sp³-hybridized carbons (Fsp3) is 0.571. The molecule has 4 rings (SSSR count). The van der Waals surface area contributed by atoms with Crippen LogP contribution in [0.2, 0.25) is 0 Å². The van der Waals surface area contributed by atoms with Crippen molar-refractivity contribution in [3.63, 3.8) is 0 Å². The van der Waals surface area contributed by atoms with E-state index in [0.717, 1.165) is 62.1 Å². The van der Waals surface area contributed by atoms with Crippen LogP contribution in [0, 0.1) is 0 Å². The number of hydrogen-bond donors (Lipinski definition) is 2. The molecule has 1 aliphatic carbocycles. The summed E-state index contributed by atoms with van der Waals surface area (Å²) in [7, 11) is 0. The van der Waals surface area contributed by atoms with Crippen molar-refractivity contribution < 1.29 is 15.0 Å². The van der Waals surface area contributed by atoms with Crippen molar-refractivity contribution in [3.8, 4) is 0 Å². The number of aromatic carboxylic acids is 1. The van der Waals surface area contributed by atoms with Crippen molar-refractivity contribution in [1.82, 2.24) is 19.7 Å². The van der Waals surface area contributed by atoms with E-state index in [0.29, 0.717) is 18.9 Å². The lowest BCUT2D eigenvalue weighted by Crippen LogP contribution is -2.48. The lowest BCUT2D eigenvalue weighted by Gasteiger charge is -2.43. The monoisotopic (exact) mass is 384 g/mol. The summed E-state index contributed by atoms with van der Waals surface area (Å²) in [5.74, 6) is -0.934. The fourth-order valence-corrected chi connectivity index (χ4v) is 4.74. The van der Waals surface area contributed by atoms with Crippen molar-refractivity contribution in [2.24, 2.45) is 0 Å². The number of carbonyl (C=O) groups is 1. The van der Waals surface area contributed by atoms with Gasteiger partial charge in [0.25, 0.3) is 0 Å². The molecule has 28 heavy (non-hydrogen) atoms. The average molecular weight is 384 g/mol. The first-order chi connectivity index (χ1) is 13.5. The van der Waals surface area contributed by atoms with Crippen LogP contribution in [-0.2, 0) is 25.0 Å². The van der Waals surface area contributed by atoms with Gasteiger partial charge >= 0.3 is 5.97 Å². The van der Waals surface area contributed by atoms with Gasteiger partial charge in [0.05, 0.1) is 5.60 Å². The molecule has 0 saturated carbocycles. The Morgan fingerprint density at radius 3 is 2.79 bits per heavy atom. The zero-order valence-electron chi connectivity index (χ0n) is 16.3. The fourth-order valence-electron chi connectivity index (χ4n) is 4.74. The molecule has 1 aliphatic heterocycles. The SMILES string of the molecule is CCCn1nc(C(=O)O)c2c1CCC(N1CCC(O)(c3cccnc3)CC1)C2. The molecule has 2 aromatic heterocycles. The second kappa shape index (κ2) is 7.64. The minimum atomic E-state index is -0.934. The number of pyridine rings is 1. The average Bonchev–Trinajstić information content (AvgIpc) is 3.08. The summed E-state index contributed by atoms with van der Waals surface area (Å²) >= 11 is 0. The number of hydrogen-bond acceptors (Lipinski definition) is 5. The van der Waals surface area contributed by atoms with Crippen LogP contribution >= 0.6 is 0 Å². The lowest BCUT2D eigenvalue weighted by atomic mass is 9.83. The maximum Gasteiger partial charge on any atom is 0.356 e. The highest BCUT2D eigenvalue weighted by atomic mass is 16.4. The molecule has 7 nitrogen and oxygen atoms in total. The number of aromatic nitrogens is 3. The van der Waals surface area contributed by atoms with Crippen molar-refractivity contribution in [1.29, 1.82) is 0 Å². The van der Waals surface area contributed by atoms with Gasteiger partial charge in [0.2, 0.25) is 0 Å². The standard InChI is InChI=1S/C21H28N4O3/c1-2-10-25-18-6-5-16(13-17(18)19(23-25)20(26)27)24-11-7-21(28,8-12-24)15-4-3-9-22-14-15/h3-4,9,14,16,28H,2,5-8,10-13H2,1H3,(H,26,27). The van der Waals surface area contributed by atoms with Crippen LogP contribution in [0.25, 0.3) is 0 Å². The molecular formula is C21H28N4O3. The molecule has 1 atom stereocenters. The third kappa shape index (κ3) is 3.44. The molecule has 1 unspecified atom stereocenters. The summed E-state index contributed by atoms with van der Waals surface area (Å²) in [5, 5.41) is 25.0. The van der Waals surface area contributed by atoms with Gasteiger partial charge in [-0.3, -0.25) is 14.6 Å². The van der Waals surface area contributed by atoms with E-state index in [-0.39, 0.29) is 5.69 Å². The van der Waals surface area contributed by atoms with Crippen LogP contribution in [0.1, 0.15) is 59.9 Å². The molecule has 2 aromatic rings. The van der Waals surface area contributed by atoms with Crippen LogP contribution < -0.4 is 0 Å². The Labute approximate surface area is 165 Å². The Kier molecular flexibility index (Phi) is 5.21. The number of nitrogens with zero attached hydrogens (tertiary/aromatic N) is 4. The van der Waals surface area contributed by atoms with Gasteiger partial charge in [-0.2, -0.15) is 5.10 Å². The van der Waals surface area contributed by atoms with Crippen LogP contribution in [0.4, 0.5) is 0 Å². The van der Waals surface area contributed by atoms with E-state index in [2.05, 4.69) is 21.9 Å².